The number of aromatic hydroxyl groups is 2. The fourth-order valence-corrected chi connectivity index (χ4v) is 2.17. The summed E-state index contributed by atoms with van der Waals surface area (Å²) in [4.78, 5) is 9.82. The van der Waals surface area contributed by atoms with Crippen molar-refractivity contribution in [3.05, 3.63) is 62.6 Å². The molecule has 134 valence electrons. The molecule has 0 radical (unpaired) electrons. The van der Waals surface area contributed by atoms with Gasteiger partial charge in [-0.25, -0.2) is 0 Å². The van der Waals surface area contributed by atoms with E-state index in [1.54, 1.807) is 0 Å². The molecule has 0 amide bonds. The number of alkyl halides is 3. The van der Waals surface area contributed by atoms with Crippen LogP contribution >= 0.6 is 0 Å². The minimum absolute atomic E-state index is 0.224. The molecule has 0 unspecified atom stereocenters. The van der Waals surface area contributed by atoms with Crippen molar-refractivity contribution in [2.45, 2.75) is 6.18 Å². The summed E-state index contributed by atoms with van der Waals surface area (Å²) < 4.78 is 38.9. The van der Waals surface area contributed by atoms with Crippen LogP contribution in [0, 0.1) is 26.7 Å². The van der Waals surface area contributed by atoms with Gasteiger partial charge in [-0.15, -0.1) is 0 Å². The van der Waals surface area contributed by atoms with Crippen LogP contribution in [-0.2, 0) is 6.18 Å². The number of nitro groups is 1. The average Bonchev–Trinajstić information content (AvgIpc) is 2.53. The Balaban J connectivity index is 2.71. The Morgan fingerprint density at radius 2 is 2.00 bits per heavy atom. The number of nitro benzene ring substituents is 1. The Labute approximate surface area is 143 Å². The van der Waals surface area contributed by atoms with E-state index in [0.717, 1.165) is 30.3 Å². The molecule has 11 heteroatoms. The zero-order chi connectivity index (χ0) is 19.6. The molecule has 26 heavy (non-hydrogen) atoms. The van der Waals surface area contributed by atoms with Crippen LogP contribution in [0.3, 0.4) is 0 Å². The monoisotopic (exact) mass is 367 g/mol. The summed E-state index contributed by atoms with van der Waals surface area (Å²) in [6.07, 6.45) is -3.63. The van der Waals surface area contributed by atoms with Gasteiger partial charge in [0, 0.05) is 12.1 Å². The number of hydrogen-bond acceptors (Lipinski definition) is 6. The number of phenolic OH excluding ortho intramolecular Hbond substituents is 2. The third kappa shape index (κ3) is 3.48. The van der Waals surface area contributed by atoms with E-state index in [9.17, 15) is 44.0 Å². The number of halogens is 3. The molecule has 1 heterocycles. The Kier molecular flexibility index (Phi) is 4.70. The molecular weight excluding hydrogens is 359 g/mol. The quantitative estimate of drug-likeness (QED) is 0.214. The largest absolute Gasteiger partial charge is 0.618 e. The lowest BCUT2D eigenvalue weighted by Gasteiger charge is -2.11. The van der Waals surface area contributed by atoms with Crippen molar-refractivity contribution in [1.29, 1.82) is 5.26 Å². The smallest absolute Gasteiger partial charge is 0.479 e. The minimum Gasteiger partial charge on any atom is -0.618 e. The van der Waals surface area contributed by atoms with E-state index < -0.39 is 49.8 Å². The first-order valence-electron chi connectivity index (χ1n) is 6.68. The van der Waals surface area contributed by atoms with Gasteiger partial charge in [-0.2, -0.15) is 23.2 Å². The van der Waals surface area contributed by atoms with Crippen molar-refractivity contribution in [2.75, 3.05) is 0 Å². The number of nitriles is 1. The van der Waals surface area contributed by atoms with Crippen LogP contribution in [0.15, 0.2) is 30.5 Å². The zero-order valence-electron chi connectivity index (χ0n) is 12.6. The molecule has 2 N–H and O–H groups in total. The van der Waals surface area contributed by atoms with Crippen molar-refractivity contribution in [2.24, 2.45) is 0 Å². The highest BCUT2D eigenvalue weighted by Gasteiger charge is 2.43. The fourth-order valence-electron chi connectivity index (χ4n) is 2.17. The van der Waals surface area contributed by atoms with Crippen molar-refractivity contribution >= 4 is 17.3 Å². The van der Waals surface area contributed by atoms with Crippen molar-refractivity contribution in [1.82, 2.24) is 0 Å². The summed E-state index contributed by atoms with van der Waals surface area (Å²) in [5.41, 5.74) is -4.13. The van der Waals surface area contributed by atoms with Crippen LogP contribution in [0.2, 0.25) is 0 Å². The van der Waals surface area contributed by atoms with Gasteiger partial charge < -0.3 is 15.4 Å². The highest BCUT2D eigenvalue weighted by Crippen LogP contribution is 2.38. The second kappa shape index (κ2) is 6.60. The summed E-state index contributed by atoms with van der Waals surface area (Å²) in [6, 6.07) is 4.95. The summed E-state index contributed by atoms with van der Waals surface area (Å²) in [6.45, 7) is 0. The van der Waals surface area contributed by atoms with Gasteiger partial charge in [0.2, 0.25) is 5.75 Å². The minimum atomic E-state index is -5.06. The summed E-state index contributed by atoms with van der Waals surface area (Å²) in [5, 5.41) is 50.4. The van der Waals surface area contributed by atoms with Crippen molar-refractivity contribution < 1.29 is 33.0 Å². The number of pyridine rings is 1. The molecule has 0 aliphatic carbocycles. The molecule has 0 bridgehead atoms. The highest BCUT2D eigenvalue weighted by atomic mass is 19.4. The number of phenols is 2. The lowest BCUT2D eigenvalue weighted by Crippen LogP contribution is -2.37. The van der Waals surface area contributed by atoms with Gasteiger partial charge in [-0.3, -0.25) is 10.1 Å². The van der Waals surface area contributed by atoms with E-state index in [4.69, 9.17) is 0 Å². The number of nitrogens with zero attached hydrogens (tertiary/aromatic N) is 3. The average molecular weight is 367 g/mol. The number of benzene rings is 1. The molecule has 1 aromatic heterocycles. The fraction of sp³-hybridized carbons (Fsp3) is 0.0667. The first kappa shape index (κ1) is 18.5. The summed E-state index contributed by atoms with van der Waals surface area (Å²) in [7, 11) is 0. The lowest BCUT2D eigenvalue weighted by molar-refractivity contribution is -0.629. The second-order valence-electron chi connectivity index (χ2n) is 4.93. The first-order valence-corrected chi connectivity index (χ1v) is 6.68. The predicted molar refractivity (Wildman–Crippen MR) is 80.3 cm³/mol. The van der Waals surface area contributed by atoms with Gasteiger partial charge >= 0.3 is 17.6 Å². The first-order chi connectivity index (χ1) is 12.1. The molecule has 0 atom stereocenters. The summed E-state index contributed by atoms with van der Waals surface area (Å²) >= 11 is 0. The van der Waals surface area contributed by atoms with Crippen molar-refractivity contribution in [3.8, 4) is 17.6 Å². The highest BCUT2D eigenvalue weighted by molar-refractivity contribution is 5.91. The predicted octanol–water partition coefficient (Wildman–Crippen LogP) is 2.72. The molecule has 0 spiro atoms. The Hall–Kier alpha value is -3.81. The maximum absolute atomic E-state index is 13.1. The van der Waals surface area contributed by atoms with Crippen molar-refractivity contribution in [3.63, 3.8) is 0 Å². The van der Waals surface area contributed by atoms with E-state index in [0.29, 0.717) is 6.20 Å². The third-order valence-corrected chi connectivity index (χ3v) is 3.24. The number of aromatic nitrogens is 1. The standard InChI is InChI=1S/C15H8F3N3O5/c16-15(17,18)14-10(2-1-3-20(14)24)9(7-19)4-8-5-11(21(25)26)13(23)12(22)6-8/h1-6,22-23H. The molecule has 1 aromatic carbocycles. The zero-order valence-corrected chi connectivity index (χ0v) is 12.6. The third-order valence-electron chi connectivity index (χ3n) is 3.24. The molecule has 0 aliphatic rings. The molecular formula is C15H8F3N3O5. The van der Waals surface area contributed by atoms with E-state index in [-0.39, 0.29) is 5.56 Å². The number of rotatable bonds is 3. The van der Waals surface area contributed by atoms with Gasteiger partial charge in [0.15, 0.2) is 11.9 Å². The molecule has 2 rings (SSSR count). The van der Waals surface area contributed by atoms with E-state index in [1.165, 1.54) is 6.07 Å². The Morgan fingerprint density at radius 1 is 1.35 bits per heavy atom. The molecule has 0 saturated heterocycles. The molecule has 0 fully saturated rings. The van der Waals surface area contributed by atoms with Crippen LogP contribution in [0.4, 0.5) is 18.9 Å². The van der Waals surface area contributed by atoms with Crippen LogP contribution in [0.25, 0.3) is 11.6 Å². The maximum Gasteiger partial charge on any atom is 0.479 e. The van der Waals surface area contributed by atoms with Crippen LogP contribution in [0.5, 0.6) is 11.5 Å². The van der Waals surface area contributed by atoms with E-state index >= 15 is 0 Å². The Bertz CT molecular complexity index is 964. The number of hydrogen-bond donors (Lipinski definition) is 2. The lowest BCUT2D eigenvalue weighted by atomic mass is 10.0. The Morgan fingerprint density at radius 3 is 2.54 bits per heavy atom. The van der Waals surface area contributed by atoms with E-state index in [2.05, 4.69) is 0 Å². The summed E-state index contributed by atoms with van der Waals surface area (Å²) in [5.74, 6) is -1.93. The van der Waals surface area contributed by atoms with Crippen LogP contribution in [0.1, 0.15) is 16.8 Å². The SMILES string of the molecule is N#CC(=Cc1cc(O)c(O)c([N+](=O)[O-])c1)c1ccc[n+]([O-])c1C(F)(F)F. The normalized spacial score (nSPS) is 11.8. The molecule has 0 aliphatic heterocycles. The van der Waals surface area contributed by atoms with Gasteiger partial charge in [-0.1, -0.05) is 0 Å². The van der Waals surface area contributed by atoms with Gasteiger partial charge in [0.1, 0.15) is 6.07 Å². The van der Waals surface area contributed by atoms with E-state index in [1.807, 2.05) is 0 Å². The second-order valence-corrected chi connectivity index (χ2v) is 4.93. The van der Waals surface area contributed by atoms with Gasteiger partial charge in [-0.05, 0) is 23.8 Å². The van der Waals surface area contributed by atoms with Gasteiger partial charge in [0.05, 0.1) is 16.1 Å². The number of allylic oxidation sites excluding steroid dienone is 1. The molecule has 8 nitrogen and oxygen atoms in total. The topological polar surface area (TPSA) is 134 Å². The van der Waals surface area contributed by atoms with Crippen LogP contribution < -0.4 is 4.73 Å². The van der Waals surface area contributed by atoms with Crippen LogP contribution in [-0.4, -0.2) is 15.1 Å². The maximum atomic E-state index is 13.1. The van der Waals surface area contributed by atoms with Gasteiger partial charge in [0.25, 0.3) is 0 Å². The molecule has 0 saturated carbocycles. The molecule has 2 aromatic rings.